The largest absolute Gasteiger partial charge is 0.394 e. The van der Waals surface area contributed by atoms with Gasteiger partial charge in [-0.2, -0.15) is 0 Å². The molecule has 0 saturated carbocycles. The molecule has 0 aromatic heterocycles. The van der Waals surface area contributed by atoms with Gasteiger partial charge in [-0.15, -0.1) is 0 Å². The molecule has 2 fully saturated rings. The van der Waals surface area contributed by atoms with Gasteiger partial charge in [-0.1, -0.05) is 250 Å². The summed E-state index contributed by atoms with van der Waals surface area (Å²) in [7, 11) is 0. The zero-order valence-electron chi connectivity index (χ0n) is 53.7. The normalized spacial score (nSPS) is 24.2. The lowest BCUT2D eigenvalue weighted by Gasteiger charge is -2.46. The number of rotatable bonds is 53. The van der Waals surface area contributed by atoms with Crippen LogP contribution in [0.15, 0.2) is 134 Å². The highest BCUT2D eigenvalue weighted by atomic mass is 16.7. The number of carbonyl (C=O) groups is 1. The SMILES string of the molecule is CC/C=C\C/C=C\C/C=C\C/C=C\C/C=C\C/C=C\C/C=C\C/C=C\C/C=C\CCCCCCCC(=O)NC(COC1OC(CO)C(OC2OC(CO)C(O)C(O)C2O)C(O)C1O)C(O)/C=C/CC/C=C/CCCCCCCCCCCCCCCC. The number of aliphatic hydroxyl groups excluding tert-OH is 8. The number of hydrogen-bond acceptors (Lipinski definition) is 13. The van der Waals surface area contributed by atoms with Crippen molar-refractivity contribution in [1.29, 1.82) is 0 Å². The van der Waals surface area contributed by atoms with E-state index < -0.39 is 86.8 Å². The second kappa shape index (κ2) is 56.1. The van der Waals surface area contributed by atoms with Crippen LogP contribution in [0.2, 0.25) is 0 Å². The topological polar surface area (TPSA) is 228 Å². The average Bonchev–Trinajstić information content (AvgIpc) is 2.59. The summed E-state index contributed by atoms with van der Waals surface area (Å²) in [6.07, 6.45) is 66.3. The molecule has 0 bridgehead atoms. The van der Waals surface area contributed by atoms with Gasteiger partial charge >= 0.3 is 0 Å². The van der Waals surface area contributed by atoms with E-state index in [2.05, 4.69) is 141 Å². The molecule has 496 valence electrons. The zero-order valence-corrected chi connectivity index (χ0v) is 53.7. The van der Waals surface area contributed by atoms with Gasteiger partial charge in [-0.25, -0.2) is 0 Å². The molecule has 2 rings (SSSR count). The Morgan fingerprint density at radius 1 is 0.425 bits per heavy atom. The molecule has 0 aliphatic carbocycles. The van der Waals surface area contributed by atoms with Crippen molar-refractivity contribution in [1.82, 2.24) is 5.32 Å². The maximum atomic E-state index is 13.3. The molecule has 0 aromatic carbocycles. The lowest BCUT2D eigenvalue weighted by molar-refractivity contribution is -0.359. The summed E-state index contributed by atoms with van der Waals surface area (Å²) in [5.41, 5.74) is 0. The minimum atomic E-state index is -1.80. The van der Waals surface area contributed by atoms with Crippen molar-refractivity contribution in [2.75, 3.05) is 19.8 Å². The van der Waals surface area contributed by atoms with Crippen molar-refractivity contribution in [2.45, 2.75) is 299 Å². The Labute approximate surface area is 526 Å². The van der Waals surface area contributed by atoms with E-state index in [1.54, 1.807) is 6.08 Å². The second-order valence-electron chi connectivity index (χ2n) is 23.2. The lowest BCUT2D eigenvalue weighted by Crippen LogP contribution is -2.65. The first-order valence-electron chi connectivity index (χ1n) is 33.9. The minimum Gasteiger partial charge on any atom is -0.394 e. The van der Waals surface area contributed by atoms with Crippen molar-refractivity contribution in [3.63, 3.8) is 0 Å². The molecule has 12 atom stereocenters. The fraction of sp³-hybridized carbons (Fsp3) is 0.685. The molecule has 2 heterocycles. The molecule has 87 heavy (non-hydrogen) atoms. The Hall–Kier alpha value is -3.87. The predicted octanol–water partition coefficient (Wildman–Crippen LogP) is 13.5. The van der Waals surface area contributed by atoms with Crippen LogP contribution in [0.5, 0.6) is 0 Å². The minimum absolute atomic E-state index is 0.242. The van der Waals surface area contributed by atoms with Crippen molar-refractivity contribution >= 4 is 5.91 Å². The van der Waals surface area contributed by atoms with Crippen LogP contribution in [0.4, 0.5) is 0 Å². The monoisotopic (exact) mass is 1220 g/mol. The predicted molar refractivity (Wildman–Crippen MR) is 355 cm³/mol. The number of ether oxygens (including phenoxy) is 4. The van der Waals surface area contributed by atoms with Gasteiger partial charge in [0.15, 0.2) is 12.6 Å². The number of carbonyl (C=O) groups excluding carboxylic acids is 1. The van der Waals surface area contributed by atoms with Crippen LogP contribution in [0, 0.1) is 0 Å². The number of hydrogen-bond donors (Lipinski definition) is 9. The first-order valence-corrected chi connectivity index (χ1v) is 33.9. The summed E-state index contributed by atoms with van der Waals surface area (Å²) >= 11 is 0. The number of nitrogens with one attached hydrogen (secondary N) is 1. The summed E-state index contributed by atoms with van der Waals surface area (Å²) in [5, 5.41) is 87.3. The molecule has 1 amide bonds. The molecule has 0 radical (unpaired) electrons. The van der Waals surface area contributed by atoms with E-state index in [1.807, 2.05) is 6.08 Å². The Morgan fingerprint density at radius 3 is 1.26 bits per heavy atom. The third kappa shape index (κ3) is 40.5. The maximum Gasteiger partial charge on any atom is 0.220 e. The smallest absolute Gasteiger partial charge is 0.220 e. The molecule has 14 heteroatoms. The van der Waals surface area contributed by atoms with Crippen LogP contribution in [0.25, 0.3) is 0 Å². The molecule has 9 N–H and O–H groups in total. The van der Waals surface area contributed by atoms with E-state index in [4.69, 9.17) is 18.9 Å². The highest BCUT2D eigenvalue weighted by Gasteiger charge is 2.51. The Balaban J connectivity index is 1.73. The van der Waals surface area contributed by atoms with Crippen LogP contribution in [-0.2, 0) is 23.7 Å². The molecule has 2 aliphatic heterocycles. The molecule has 0 aromatic rings. The highest BCUT2D eigenvalue weighted by molar-refractivity contribution is 5.76. The summed E-state index contributed by atoms with van der Waals surface area (Å²) in [5.74, 6) is -0.273. The highest BCUT2D eigenvalue weighted by Crippen LogP contribution is 2.30. The molecule has 2 aliphatic rings. The van der Waals surface area contributed by atoms with E-state index in [-0.39, 0.29) is 18.9 Å². The van der Waals surface area contributed by atoms with Crippen LogP contribution in [0.1, 0.15) is 226 Å². The first-order chi connectivity index (χ1) is 42.6. The summed E-state index contributed by atoms with van der Waals surface area (Å²) in [4.78, 5) is 13.3. The summed E-state index contributed by atoms with van der Waals surface area (Å²) < 4.78 is 22.8. The van der Waals surface area contributed by atoms with Gasteiger partial charge < -0.3 is 65.1 Å². The van der Waals surface area contributed by atoms with Crippen LogP contribution in [0.3, 0.4) is 0 Å². The maximum absolute atomic E-state index is 13.3. The number of unbranched alkanes of at least 4 members (excludes halogenated alkanes) is 20. The van der Waals surface area contributed by atoms with Gasteiger partial charge in [-0.05, 0) is 103 Å². The van der Waals surface area contributed by atoms with E-state index in [0.717, 1.165) is 103 Å². The average molecular weight is 1220 g/mol. The fourth-order valence-electron chi connectivity index (χ4n) is 10.2. The van der Waals surface area contributed by atoms with Gasteiger partial charge in [0.1, 0.15) is 48.8 Å². The van der Waals surface area contributed by atoms with Crippen LogP contribution >= 0.6 is 0 Å². The molecule has 2 saturated heterocycles. The van der Waals surface area contributed by atoms with Gasteiger partial charge in [-0.3, -0.25) is 4.79 Å². The molecular weight excluding hydrogens is 1100 g/mol. The van der Waals surface area contributed by atoms with E-state index in [0.29, 0.717) is 12.8 Å². The van der Waals surface area contributed by atoms with Gasteiger partial charge in [0.25, 0.3) is 0 Å². The van der Waals surface area contributed by atoms with E-state index in [9.17, 15) is 45.6 Å². The Morgan fingerprint density at radius 2 is 0.805 bits per heavy atom. The van der Waals surface area contributed by atoms with Crippen molar-refractivity contribution in [3.8, 4) is 0 Å². The Bertz CT molecular complexity index is 1970. The van der Waals surface area contributed by atoms with Crippen molar-refractivity contribution in [3.05, 3.63) is 134 Å². The van der Waals surface area contributed by atoms with E-state index in [1.165, 1.54) is 89.9 Å². The molecular formula is C73H121NO13. The quantitative estimate of drug-likeness (QED) is 0.0204. The number of aliphatic hydroxyl groups is 8. The van der Waals surface area contributed by atoms with Gasteiger partial charge in [0, 0.05) is 6.42 Å². The fourth-order valence-corrected chi connectivity index (χ4v) is 10.2. The van der Waals surface area contributed by atoms with Gasteiger partial charge in [0.2, 0.25) is 5.91 Å². The third-order valence-corrected chi connectivity index (χ3v) is 15.6. The van der Waals surface area contributed by atoms with Crippen molar-refractivity contribution < 1.29 is 64.6 Å². The zero-order chi connectivity index (χ0) is 63.1. The standard InChI is InChI=1S/C73H121NO13/c1-3-5-7-9-11-13-15-17-19-21-23-25-26-27-28-29-30-31-32-33-34-35-36-37-39-41-43-45-47-49-51-53-55-57-65(78)74-61(62(77)56-54-52-50-48-46-44-42-40-38-24-22-20-18-16-14-12-10-8-6-4-2)60-84-72-70(83)68(81)71(64(59-76)86-72)87-73-69(82)67(80)66(79)63(58-75)85-73/h5,7,11,13,17,19,23,25,27-28,30-31,33-34,36-37,41,43,46,48,54,56,61-64,66-73,75-77,79-83H,3-4,6,8-10,12,14-16,18,20-22,24,26,29,32,35,38-40,42,44-45,47,49-53,55,57-60H2,1-2H3,(H,74,78)/b7-5-,13-11-,19-17-,25-23-,28-27-,31-30-,34-33-,37-36-,43-41-,48-46+,56-54+. The Kier molecular flexibility index (Phi) is 51.1. The molecule has 0 spiro atoms. The van der Waals surface area contributed by atoms with Gasteiger partial charge in [0.05, 0.1) is 32.0 Å². The van der Waals surface area contributed by atoms with E-state index >= 15 is 0 Å². The first kappa shape index (κ1) is 79.2. The molecule has 14 nitrogen and oxygen atoms in total. The number of allylic oxidation sites excluding steroid dienone is 21. The second-order valence-corrected chi connectivity index (χ2v) is 23.2. The number of amides is 1. The van der Waals surface area contributed by atoms with Crippen LogP contribution < -0.4 is 5.32 Å². The summed E-state index contributed by atoms with van der Waals surface area (Å²) in [6.45, 7) is 2.65. The van der Waals surface area contributed by atoms with Crippen molar-refractivity contribution in [2.24, 2.45) is 0 Å². The molecule has 12 unspecified atom stereocenters. The summed E-state index contributed by atoms with van der Waals surface area (Å²) in [6, 6.07) is -0.953. The van der Waals surface area contributed by atoms with Crippen LogP contribution in [-0.4, -0.2) is 140 Å². The lowest BCUT2D eigenvalue weighted by atomic mass is 9.97. The third-order valence-electron chi connectivity index (χ3n) is 15.6.